The number of likely N-dealkylation sites (tertiary alicyclic amines) is 1. The van der Waals surface area contributed by atoms with Crippen molar-refractivity contribution in [3.8, 4) is 11.3 Å². The Kier molecular flexibility index (Phi) is 6.08. The topological polar surface area (TPSA) is 107 Å². The fraction of sp³-hybridized carbons (Fsp3) is 0.400. The van der Waals surface area contributed by atoms with E-state index >= 15 is 0 Å². The number of carboxylic acid groups (broad SMARTS) is 1. The maximum atomic E-state index is 12.9. The predicted molar refractivity (Wildman–Crippen MR) is 103 cm³/mol. The summed E-state index contributed by atoms with van der Waals surface area (Å²) in [5, 5.41) is 16.1. The maximum absolute atomic E-state index is 12.9. The molecule has 0 bridgehead atoms. The van der Waals surface area contributed by atoms with Crippen LogP contribution in [-0.4, -0.2) is 68.6 Å². The number of carboxylic acids is 1. The highest BCUT2D eigenvalue weighted by Gasteiger charge is 2.28. The molecule has 1 aliphatic rings. The van der Waals surface area contributed by atoms with E-state index in [2.05, 4.69) is 10.2 Å². The summed E-state index contributed by atoms with van der Waals surface area (Å²) in [4.78, 5) is 38.9. The molecule has 3 rings (SSSR count). The van der Waals surface area contributed by atoms with Gasteiger partial charge in [0.15, 0.2) is 0 Å². The van der Waals surface area contributed by atoms with Crippen molar-refractivity contribution in [2.75, 3.05) is 19.6 Å². The van der Waals surface area contributed by atoms with E-state index in [9.17, 15) is 14.4 Å². The molecule has 2 heterocycles. The van der Waals surface area contributed by atoms with Crippen LogP contribution < -0.4 is 0 Å². The summed E-state index contributed by atoms with van der Waals surface area (Å²) < 4.78 is 0. The van der Waals surface area contributed by atoms with E-state index in [0.29, 0.717) is 43.7 Å². The third kappa shape index (κ3) is 4.57. The van der Waals surface area contributed by atoms with Crippen LogP contribution in [0.5, 0.6) is 0 Å². The van der Waals surface area contributed by atoms with Crippen LogP contribution in [0.25, 0.3) is 11.3 Å². The highest BCUT2D eigenvalue weighted by molar-refractivity contribution is 5.93. The fourth-order valence-corrected chi connectivity index (χ4v) is 3.60. The van der Waals surface area contributed by atoms with Crippen LogP contribution in [0.15, 0.2) is 36.4 Å². The molecule has 2 N–H and O–H groups in total. The zero-order chi connectivity index (χ0) is 20.1. The van der Waals surface area contributed by atoms with Gasteiger partial charge < -0.3 is 14.9 Å². The van der Waals surface area contributed by atoms with Gasteiger partial charge in [-0.1, -0.05) is 30.3 Å². The number of carbonyl (C=O) groups excluding carboxylic acids is 2. The summed E-state index contributed by atoms with van der Waals surface area (Å²) in [5.41, 5.74) is 2.06. The number of aromatic nitrogens is 2. The van der Waals surface area contributed by atoms with Gasteiger partial charge in [-0.25, -0.2) is 0 Å². The molecule has 2 amide bonds. The van der Waals surface area contributed by atoms with Gasteiger partial charge >= 0.3 is 5.97 Å². The van der Waals surface area contributed by atoms with E-state index in [4.69, 9.17) is 5.11 Å². The lowest BCUT2D eigenvalue weighted by atomic mass is 10.1. The van der Waals surface area contributed by atoms with Crippen molar-refractivity contribution in [3.05, 3.63) is 42.1 Å². The minimum atomic E-state index is -1.03. The largest absolute Gasteiger partial charge is 0.480 e. The number of benzene rings is 1. The van der Waals surface area contributed by atoms with Crippen LogP contribution in [0.1, 0.15) is 36.7 Å². The molecule has 1 unspecified atom stereocenters. The highest BCUT2D eigenvalue weighted by atomic mass is 16.4. The Labute approximate surface area is 163 Å². The van der Waals surface area contributed by atoms with Gasteiger partial charge in [-0.05, 0) is 25.3 Å². The van der Waals surface area contributed by atoms with Crippen molar-refractivity contribution in [1.82, 2.24) is 20.0 Å². The highest BCUT2D eigenvalue weighted by Crippen LogP contribution is 2.21. The molecule has 1 aromatic carbocycles. The Morgan fingerprint density at radius 3 is 2.64 bits per heavy atom. The summed E-state index contributed by atoms with van der Waals surface area (Å²) >= 11 is 0. The lowest BCUT2D eigenvalue weighted by Gasteiger charge is -2.28. The first-order chi connectivity index (χ1) is 13.5. The van der Waals surface area contributed by atoms with E-state index in [1.807, 2.05) is 30.3 Å². The van der Waals surface area contributed by atoms with Gasteiger partial charge in [0.2, 0.25) is 5.91 Å². The standard InChI is InChI=1S/C20H24N4O4/c1-14(25)24(13-19(26)27)16-8-5-10-23(11-9-16)20(28)18-12-17(21-22-18)15-6-3-2-4-7-15/h2-4,6-7,12,16H,5,8-11,13H2,1H3,(H,21,22)(H,26,27). The number of hydrogen-bond donors (Lipinski definition) is 2. The lowest BCUT2D eigenvalue weighted by Crippen LogP contribution is -2.43. The summed E-state index contributed by atoms with van der Waals surface area (Å²) in [6, 6.07) is 11.2. The molecule has 148 valence electrons. The minimum Gasteiger partial charge on any atom is -0.480 e. The second kappa shape index (κ2) is 8.69. The van der Waals surface area contributed by atoms with Gasteiger partial charge in [-0.15, -0.1) is 0 Å². The smallest absolute Gasteiger partial charge is 0.323 e. The Morgan fingerprint density at radius 2 is 1.96 bits per heavy atom. The number of aromatic amines is 1. The molecule has 1 aromatic heterocycles. The summed E-state index contributed by atoms with van der Waals surface area (Å²) in [6.07, 6.45) is 1.94. The van der Waals surface area contributed by atoms with E-state index in [-0.39, 0.29) is 24.4 Å². The zero-order valence-electron chi connectivity index (χ0n) is 15.8. The van der Waals surface area contributed by atoms with Gasteiger partial charge in [0.25, 0.3) is 5.91 Å². The summed E-state index contributed by atoms with van der Waals surface area (Å²) in [7, 11) is 0. The number of hydrogen-bond acceptors (Lipinski definition) is 4. The average molecular weight is 384 g/mol. The van der Waals surface area contributed by atoms with Crippen LogP contribution in [0.3, 0.4) is 0 Å². The fourth-order valence-electron chi connectivity index (χ4n) is 3.60. The van der Waals surface area contributed by atoms with Crippen LogP contribution in [0.4, 0.5) is 0 Å². The monoisotopic (exact) mass is 384 g/mol. The second-order valence-electron chi connectivity index (χ2n) is 6.95. The third-order valence-corrected chi connectivity index (χ3v) is 5.01. The molecular formula is C20H24N4O4. The summed E-state index contributed by atoms with van der Waals surface area (Å²) in [5.74, 6) is -1.42. The van der Waals surface area contributed by atoms with Gasteiger partial charge in [-0.3, -0.25) is 19.5 Å². The van der Waals surface area contributed by atoms with Crippen molar-refractivity contribution >= 4 is 17.8 Å². The molecule has 8 nitrogen and oxygen atoms in total. The van der Waals surface area contributed by atoms with Crippen molar-refractivity contribution in [1.29, 1.82) is 0 Å². The number of H-pyrrole nitrogens is 1. The van der Waals surface area contributed by atoms with Crippen LogP contribution in [0.2, 0.25) is 0 Å². The van der Waals surface area contributed by atoms with Crippen molar-refractivity contribution in [2.24, 2.45) is 0 Å². The molecule has 0 saturated carbocycles. The first-order valence-corrected chi connectivity index (χ1v) is 9.35. The third-order valence-electron chi connectivity index (χ3n) is 5.01. The van der Waals surface area contributed by atoms with Gasteiger partial charge in [0.1, 0.15) is 12.2 Å². The molecule has 1 atom stereocenters. The molecule has 1 fully saturated rings. The minimum absolute atomic E-state index is 0.136. The first-order valence-electron chi connectivity index (χ1n) is 9.35. The van der Waals surface area contributed by atoms with E-state index in [1.54, 1.807) is 11.0 Å². The first kappa shape index (κ1) is 19.6. The molecule has 8 heteroatoms. The van der Waals surface area contributed by atoms with Crippen LogP contribution in [0, 0.1) is 0 Å². The molecule has 1 aliphatic heterocycles. The number of amides is 2. The van der Waals surface area contributed by atoms with Crippen molar-refractivity contribution in [2.45, 2.75) is 32.2 Å². The lowest BCUT2D eigenvalue weighted by molar-refractivity contribution is -0.145. The van der Waals surface area contributed by atoms with Crippen molar-refractivity contribution < 1.29 is 19.5 Å². The average Bonchev–Trinajstić information content (AvgIpc) is 3.05. The molecule has 0 radical (unpaired) electrons. The number of rotatable bonds is 5. The summed E-state index contributed by atoms with van der Waals surface area (Å²) in [6.45, 7) is 2.10. The quantitative estimate of drug-likeness (QED) is 0.820. The SMILES string of the molecule is CC(=O)N(CC(=O)O)C1CCCN(C(=O)c2cc(-c3ccccc3)n[nH]2)CC1. The molecule has 2 aromatic rings. The predicted octanol–water partition coefficient (Wildman–Crippen LogP) is 2.00. The van der Waals surface area contributed by atoms with Crippen LogP contribution >= 0.6 is 0 Å². The second-order valence-corrected chi connectivity index (χ2v) is 6.95. The molecule has 0 spiro atoms. The Hall–Kier alpha value is -3.16. The Morgan fingerprint density at radius 1 is 1.21 bits per heavy atom. The normalized spacial score (nSPS) is 17.0. The number of nitrogens with zero attached hydrogens (tertiary/aromatic N) is 3. The number of carbonyl (C=O) groups is 3. The van der Waals surface area contributed by atoms with Gasteiger partial charge in [0, 0.05) is 31.6 Å². The van der Waals surface area contributed by atoms with Crippen LogP contribution in [-0.2, 0) is 9.59 Å². The molecule has 1 saturated heterocycles. The van der Waals surface area contributed by atoms with Crippen molar-refractivity contribution in [3.63, 3.8) is 0 Å². The van der Waals surface area contributed by atoms with E-state index < -0.39 is 5.97 Å². The number of aliphatic carboxylic acids is 1. The van der Waals surface area contributed by atoms with E-state index in [1.165, 1.54) is 11.8 Å². The Bertz CT molecular complexity index is 849. The Balaban J connectivity index is 1.67. The molecular weight excluding hydrogens is 360 g/mol. The molecule has 28 heavy (non-hydrogen) atoms. The molecule has 0 aliphatic carbocycles. The van der Waals surface area contributed by atoms with E-state index in [0.717, 1.165) is 5.56 Å². The van der Waals surface area contributed by atoms with Gasteiger partial charge in [0.05, 0.1) is 5.69 Å². The maximum Gasteiger partial charge on any atom is 0.323 e. The number of nitrogens with one attached hydrogen (secondary N) is 1. The van der Waals surface area contributed by atoms with Gasteiger partial charge in [-0.2, -0.15) is 5.10 Å². The zero-order valence-corrected chi connectivity index (χ0v) is 15.8.